The summed E-state index contributed by atoms with van der Waals surface area (Å²) in [6.45, 7) is 6.77. The minimum atomic E-state index is -1.87. The predicted molar refractivity (Wildman–Crippen MR) is 141 cm³/mol. The molecule has 2 nitrogen and oxygen atoms in total. The SMILES string of the molecule is C[Si](C)(C)O[C@H](CC[P+](c1ccccc1)(c1ccccc1)c1ccccc1)c1ccoc1. The van der Waals surface area contributed by atoms with E-state index in [9.17, 15) is 0 Å². The van der Waals surface area contributed by atoms with Crippen molar-refractivity contribution in [2.75, 3.05) is 6.16 Å². The van der Waals surface area contributed by atoms with E-state index in [4.69, 9.17) is 8.84 Å². The van der Waals surface area contributed by atoms with Gasteiger partial charge in [-0.1, -0.05) is 54.6 Å². The lowest BCUT2D eigenvalue weighted by atomic mass is 10.1. The molecule has 0 bridgehead atoms. The molecule has 0 aliphatic rings. The molecule has 4 rings (SSSR count). The summed E-state index contributed by atoms with van der Waals surface area (Å²) >= 11 is 0. The van der Waals surface area contributed by atoms with Crippen molar-refractivity contribution < 1.29 is 8.84 Å². The largest absolute Gasteiger partial charge is 0.472 e. The van der Waals surface area contributed by atoms with Crippen LogP contribution in [0.3, 0.4) is 0 Å². The van der Waals surface area contributed by atoms with Crippen molar-refractivity contribution in [2.24, 2.45) is 0 Å². The van der Waals surface area contributed by atoms with Crippen LogP contribution in [0.15, 0.2) is 114 Å². The monoisotopic (exact) mass is 459 g/mol. The Morgan fingerprint density at radius 1 is 0.719 bits per heavy atom. The summed E-state index contributed by atoms with van der Waals surface area (Å²) in [5, 5.41) is 4.24. The lowest BCUT2D eigenvalue weighted by Gasteiger charge is -2.31. The van der Waals surface area contributed by atoms with E-state index >= 15 is 0 Å². The minimum absolute atomic E-state index is 0.0379. The number of rotatable bonds is 9. The molecule has 4 aromatic rings. The Labute approximate surface area is 193 Å². The fraction of sp³-hybridized carbons (Fsp3) is 0.214. The maximum atomic E-state index is 6.68. The summed E-state index contributed by atoms with van der Waals surface area (Å²) < 4.78 is 12.1. The first-order chi connectivity index (χ1) is 15.5. The zero-order valence-corrected chi connectivity index (χ0v) is 21.0. The lowest BCUT2D eigenvalue weighted by Crippen LogP contribution is -2.35. The zero-order valence-electron chi connectivity index (χ0n) is 19.1. The van der Waals surface area contributed by atoms with Crippen LogP contribution in [0.2, 0.25) is 19.6 Å². The van der Waals surface area contributed by atoms with E-state index in [0.717, 1.165) is 18.1 Å². The van der Waals surface area contributed by atoms with Crippen molar-refractivity contribution in [3.05, 3.63) is 115 Å². The van der Waals surface area contributed by atoms with E-state index < -0.39 is 15.6 Å². The Morgan fingerprint density at radius 2 is 1.19 bits per heavy atom. The second kappa shape index (κ2) is 10.00. The van der Waals surface area contributed by atoms with Crippen molar-refractivity contribution in [1.82, 2.24) is 0 Å². The number of benzene rings is 3. The molecular weight excluding hydrogens is 427 g/mol. The first-order valence-corrected chi connectivity index (χ1v) is 16.6. The summed E-state index contributed by atoms with van der Waals surface area (Å²) in [5.41, 5.74) is 1.14. The van der Waals surface area contributed by atoms with Gasteiger partial charge in [-0.15, -0.1) is 0 Å². The molecule has 0 aliphatic carbocycles. The van der Waals surface area contributed by atoms with Crippen LogP contribution >= 0.6 is 7.26 Å². The van der Waals surface area contributed by atoms with Crippen LogP contribution in [0, 0.1) is 0 Å². The van der Waals surface area contributed by atoms with Crippen molar-refractivity contribution in [3.63, 3.8) is 0 Å². The molecule has 0 unspecified atom stereocenters. The van der Waals surface area contributed by atoms with E-state index in [1.807, 2.05) is 6.26 Å². The molecule has 0 radical (unpaired) electrons. The van der Waals surface area contributed by atoms with E-state index in [1.54, 1.807) is 6.26 Å². The maximum absolute atomic E-state index is 6.68. The standard InChI is InChI=1S/C28H32O2PSi/c1-32(2,3)30-28(24-19-21-29-23-24)20-22-31(25-13-7-4-8-14-25,26-15-9-5-10-16-26)27-17-11-6-12-18-27/h4-19,21,23,28H,20,22H2,1-3H3/q+1/t28-/m1/s1. The molecule has 0 N–H and O–H groups in total. The van der Waals surface area contributed by atoms with Gasteiger partial charge in [-0.05, 0) is 62.1 Å². The molecule has 1 heterocycles. The predicted octanol–water partition coefficient (Wildman–Crippen LogP) is 6.56. The Morgan fingerprint density at radius 3 is 1.56 bits per heavy atom. The normalized spacial score (nSPS) is 13.1. The third-order valence-electron chi connectivity index (χ3n) is 5.73. The first kappa shape index (κ1) is 22.7. The van der Waals surface area contributed by atoms with Gasteiger partial charge in [0.2, 0.25) is 0 Å². The zero-order chi connectivity index (χ0) is 22.4. The molecule has 32 heavy (non-hydrogen) atoms. The third-order valence-corrected chi connectivity index (χ3v) is 11.2. The lowest BCUT2D eigenvalue weighted by molar-refractivity contribution is 0.193. The Kier molecular flexibility index (Phi) is 7.10. The van der Waals surface area contributed by atoms with Gasteiger partial charge in [0.1, 0.15) is 23.2 Å². The molecule has 1 aromatic heterocycles. The van der Waals surface area contributed by atoms with Crippen molar-refractivity contribution in [2.45, 2.75) is 32.2 Å². The number of furan rings is 1. The first-order valence-electron chi connectivity index (χ1n) is 11.2. The third kappa shape index (κ3) is 5.12. The van der Waals surface area contributed by atoms with Gasteiger partial charge in [0, 0.05) is 12.0 Å². The van der Waals surface area contributed by atoms with E-state index in [1.165, 1.54) is 15.9 Å². The fourth-order valence-electron chi connectivity index (χ4n) is 4.37. The van der Waals surface area contributed by atoms with Gasteiger partial charge in [0.15, 0.2) is 8.32 Å². The Bertz CT molecular complexity index is 978. The molecule has 0 aliphatic heterocycles. The van der Waals surface area contributed by atoms with E-state index in [2.05, 4.69) is 117 Å². The number of hydrogen-bond acceptors (Lipinski definition) is 2. The van der Waals surface area contributed by atoms with Crippen molar-refractivity contribution in [3.8, 4) is 0 Å². The van der Waals surface area contributed by atoms with Gasteiger partial charge in [-0.2, -0.15) is 0 Å². The fourth-order valence-corrected chi connectivity index (χ4v) is 9.81. The van der Waals surface area contributed by atoms with Crippen LogP contribution in [0.1, 0.15) is 18.1 Å². The smallest absolute Gasteiger partial charge is 0.184 e. The van der Waals surface area contributed by atoms with Crippen molar-refractivity contribution in [1.29, 1.82) is 0 Å². The topological polar surface area (TPSA) is 22.4 Å². The second-order valence-electron chi connectivity index (χ2n) is 9.10. The summed E-state index contributed by atoms with van der Waals surface area (Å²) in [6.07, 6.45) is 5.61. The number of hydrogen-bond donors (Lipinski definition) is 0. The molecule has 0 saturated heterocycles. The minimum Gasteiger partial charge on any atom is -0.472 e. The highest BCUT2D eigenvalue weighted by atomic mass is 31.2. The summed E-state index contributed by atoms with van der Waals surface area (Å²) in [4.78, 5) is 0. The molecule has 0 fully saturated rings. The Balaban J connectivity index is 1.82. The van der Waals surface area contributed by atoms with Gasteiger partial charge >= 0.3 is 0 Å². The van der Waals surface area contributed by atoms with Gasteiger partial charge in [-0.25, -0.2) is 0 Å². The average Bonchev–Trinajstić information content (AvgIpc) is 3.35. The molecule has 0 amide bonds. The van der Waals surface area contributed by atoms with Crippen LogP contribution in [-0.2, 0) is 4.43 Å². The molecule has 3 aromatic carbocycles. The highest BCUT2D eigenvalue weighted by molar-refractivity contribution is 7.95. The second-order valence-corrected chi connectivity index (χ2v) is 17.2. The van der Waals surface area contributed by atoms with Gasteiger partial charge < -0.3 is 8.84 Å². The highest BCUT2D eigenvalue weighted by Crippen LogP contribution is 2.56. The molecular formula is C28H32O2PSi+. The van der Waals surface area contributed by atoms with E-state index in [-0.39, 0.29) is 6.10 Å². The van der Waals surface area contributed by atoms with Gasteiger partial charge in [-0.3, -0.25) is 0 Å². The van der Waals surface area contributed by atoms with Crippen LogP contribution < -0.4 is 15.9 Å². The molecule has 0 spiro atoms. The van der Waals surface area contributed by atoms with Gasteiger partial charge in [0.25, 0.3) is 0 Å². The quantitative estimate of drug-likeness (QED) is 0.209. The molecule has 1 atom stereocenters. The summed E-state index contributed by atoms with van der Waals surface area (Å²) in [5.74, 6) is 0. The van der Waals surface area contributed by atoms with Crippen molar-refractivity contribution >= 4 is 31.5 Å². The highest BCUT2D eigenvalue weighted by Gasteiger charge is 2.45. The molecule has 0 saturated carbocycles. The Hall–Kier alpha value is -2.45. The van der Waals surface area contributed by atoms with Gasteiger partial charge in [0.05, 0.1) is 24.8 Å². The summed E-state index contributed by atoms with van der Waals surface area (Å²) in [7, 11) is -3.61. The molecule has 4 heteroatoms. The van der Waals surface area contributed by atoms with Crippen LogP contribution in [0.4, 0.5) is 0 Å². The van der Waals surface area contributed by atoms with Crippen LogP contribution in [-0.4, -0.2) is 14.5 Å². The van der Waals surface area contributed by atoms with Crippen LogP contribution in [0.25, 0.3) is 0 Å². The summed E-state index contributed by atoms with van der Waals surface area (Å²) in [6, 6.07) is 35.2. The average molecular weight is 460 g/mol. The molecule has 164 valence electrons. The van der Waals surface area contributed by atoms with Crippen LogP contribution in [0.5, 0.6) is 0 Å². The maximum Gasteiger partial charge on any atom is 0.184 e. The van der Waals surface area contributed by atoms with E-state index in [0.29, 0.717) is 0 Å².